The van der Waals surface area contributed by atoms with E-state index >= 15 is 0 Å². The number of nitrogens with two attached hydrogens (primary N) is 1. The van der Waals surface area contributed by atoms with E-state index in [4.69, 9.17) is 5.84 Å². The highest BCUT2D eigenvalue weighted by atomic mass is 15.4. The lowest BCUT2D eigenvalue weighted by Gasteiger charge is -2.16. The van der Waals surface area contributed by atoms with Gasteiger partial charge in [-0.05, 0) is 12.8 Å². The van der Waals surface area contributed by atoms with Crippen molar-refractivity contribution >= 4 is 0 Å². The Balaban J connectivity index is 3.13. The zero-order valence-electron chi connectivity index (χ0n) is 24.2. The molecule has 2 nitrogen and oxygen atoms in total. The lowest BCUT2D eigenvalue weighted by molar-refractivity contribution is 0.268. The molecule has 0 aliphatic carbocycles. The van der Waals surface area contributed by atoms with E-state index in [1.54, 1.807) is 0 Å². The molecule has 0 radical (unpaired) electrons. The van der Waals surface area contributed by atoms with Crippen LogP contribution in [0.5, 0.6) is 0 Å². The van der Waals surface area contributed by atoms with Crippen LogP contribution in [-0.4, -0.2) is 18.1 Å². The Hall–Kier alpha value is -0.0800. The van der Waals surface area contributed by atoms with Crippen LogP contribution in [0.1, 0.15) is 194 Å². The van der Waals surface area contributed by atoms with E-state index in [9.17, 15) is 0 Å². The second-order valence-corrected chi connectivity index (χ2v) is 11.2. The van der Waals surface area contributed by atoms with Crippen molar-refractivity contribution in [3.8, 4) is 0 Å². The van der Waals surface area contributed by atoms with Gasteiger partial charge in [-0.15, -0.1) is 0 Å². The molecule has 2 heteroatoms. The van der Waals surface area contributed by atoms with Gasteiger partial charge in [-0.3, -0.25) is 5.84 Å². The molecule has 0 rings (SSSR count). The summed E-state index contributed by atoms with van der Waals surface area (Å²) < 4.78 is 0. The van der Waals surface area contributed by atoms with Gasteiger partial charge in [0.05, 0.1) is 0 Å². The van der Waals surface area contributed by atoms with Crippen LogP contribution in [0.4, 0.5) is 0 Å². The van der Waals surface area contributed by atoms with Gasteiger partial charge in [0, 0.05) is 13.1 Å². The molecule has 0 unspecified atom stereocenters. The molecule has 0 fully saturated rings. The molecule has 0 heterocycles. The summed E-state index contributed by atoms with van der Waals surface area (Å²) in [5, 5.41) is 2.08. The monoisotopic (exact) mass is 481 g/mol. The molecule has 206 valence electrons. The van der Waals surface area contributed by atoms with Crippen LogP contribution in [0.15, 0.2) is 0 Å². The summed E-state index contributed by atoms with van der Waals surface area (Å²) in [5.41, 5.74) is 0. The Labute approximate surface area is 217 Å². The van der Waals surface area contributed by atoms with E-state index in [0.717, 1.165) is 13.1 Å². The second-order valence-electron chi connectivity index (χ2n) is 11.2. The normalized spacial score (nSPS) is 11.6. The molecule has 0 aromatic heterocycles. The third-order valence-corrected chi connectivity index (χ3v) is 7.60. The fourth-order valence-corrected chi connectivity index (χ4v) is 5.13. The molecule has 0 bridgehead atoms. The number of hydrogen-bond donors (Lipinski definition) is 1. The molecule has 34 heavy (non-hydrogen) atoms. The van der Waals surface area contributed by atoms with Crippen LogP contribution in [0.3, 0.4) is 0 Å². The number of nitrogens with zero attached hydrogens (tertiary/aromatic N) is 1. The van der Waals surface area contributed by atoms with E-state index in [1.807, 2.05) is 0 Å². The van der Waals surface area contributed by atoms with Gasteiger partial charge < -0.3 is 0 Å². The van der Waals surface area contributed by atoms with Gasteiger partial charge >= 0.3 is 0 Å². The van der Waals surface area contributed by atoms with Crippen molar-refractivity contribution in [3.63, 3.8) is 0 Å². The maximum Gasteiger partial charge on any atom is 0.0128 e. The van der Waals surface area contributed by atoms with Gasteiger partial charge in [0.2, 0.25) is 0 Å². The van der Waals surface area contributed by atoms with Gasteiger partial charge in [0.1, 0.15) is 0 Å². The van der Waals surface area contributed by atoms with E-state index in [-0.39, 0.29) is 0 Å². The van der Waals surface area contributed by atoms with Gasteiger partial charge in [-0.2, -0.15) is 0 Å². The lowest BCUT2D eigenvalue weighted by atomic mass is 10.0. The summed E-state index contributed by atoms with van der Waals surface area (Å²) in [6.45, 7) is 6.79. The van der Waals surface area contributed by atoms with Crippen LogP contribution < -0.4 is 5.84 Å². The van der Waals surface area contributed by atoms with Gasteiger partial charge in [0.15, 0.2) is 0 Å². The summed E-state index contributed by atoms with van der Waals surface area (Å²) in [6.07, 6.45) is 39.9. The zero-order chi connectivity index (χ0) is 24.8. The number of hydrazine groups is 1. The molecular formula is C32H68N2. The Kier molecular flexibility index (Phi) is 30.9. The van der Waals surface area contributed by atoms with E-state index in [1.165, 1.54) is 180 Å². The third-order valence-electron chi connectivity index (χ3n) is 7.60. The Morgan fingerprint density at radius 3 is 0.676 bits per heavy atom. The number of hydrogen-bond acceptors (Lipinski definition) is 2. The van der Waals surface area contributed by atoms with Crippen LogP contribution >= 0.6 is 0 Å². The molecule has 0 aromatic rings. The number of unbranched alkanes of at least 4 members (excludes halogenated alkanes) is 26. The predicted molar refractivity (Wildman–Crippen MR) is 156 cm³/mol. The van der Waals surface area contributed by atoms with Crippen LogP contribution in [0.2, 0.25) is 0 Å². The molecule has 0 saturated carbocycles. The van der Waals surface area contributed by atoms with Crippen molar-refractivity contribution in [2.24, 2.45) is 5.84 Å². The Morgan fingerprint density at radius 2 is 0.471 bits per heavy atom. The van der Waals surface area contributed by atoms with E-state index < -0.39 is 0 Å². The fourth-order valence-electron chi connectivity index (χ4n) is 5.13. The highest BCUT2D eigenvalue weighted by Gasteiger charge is 2.00. The summed E-state index contributed by atoms with van der Waals surface area (Å²) >= 11 is 0. The highest BCUT2D eigenvalue weighted by molar-refractivity contribution is 4.54. The van der Waals surface area contributed by atoms with Crippen LogP contribution in [0, 0.1) is 0 Å². The molecule has 0 aliphatic rings. The summed E-state index contributed by atoms with van der Waals surface area (Å²) in [4.78, 5) is 0. The van der Waals surface area contributed by atoms with E-state index in [2.05, 4.69) is 18.9 Å². The number of rotatable bonds is 30. The van der Waals surface area contributed by atoms with Gasteiger partial charge in [-0.1, -0.05) is 181 Å². The minimum Gasteiger partial charge on any atom is -0.269 e. The first-order chi connectivity index (χ1) is 16.8. The van der Waals surface area contributed by atoms with E-state index in [0.29, 0.717) is 0 Å². The minimum absolute atomic E-state index is 1.09. The smallest absolute Gasteiger partial charge is 0.0128 e. The summed E-state index contributed by atoms with van der Waals surface area (Å²) in [6, 6.07) is 0. The van der Waals surface area contributed by atoms with Crippen molar-refractivity contribution in [1.29, 1.82) is 0 Å². The van der Waals surface area contributed by atoms with Gasteiger partial charge in [-0.25, -0.2) is 5.01 Å². The SMILES string of the molecule is CCCCCCCCCCCCCCCCN(N)CCCCCCCCCCCCCCCC. The van der Waals surface area contributed by atoms with Crippen LogP contribution in [0.25, 0.3) is 0 Å². The van der Waals surface area contributed by atoms with Gasteiger partial charge in [0.25, 0.3) is 0 Å². The average molecular weight is 481 g/mol. The highest BCUT2D eigenvalue weighted by Crippen LogP contribution is 2.14. The maximum atomic E-state index is 6.20. The standard InChI is InChI=1S/C32H68N2/c1-3-5-7-9-11-13-15-17-19-21-23-25-27-29-31-34(33)32-30-28-26-24-22-20-18-16-14-12-10-8-6-4-2/h3-33H2,1-2H3. The van der Waals surface area contributed by atoms with Crippen molar-refractivity contribution < 1.29 is 0 Å². The quantitative estimate of drug-likeness (QED) is 0.0629. The average Bonchev–Trinajstić information content (AvgIpc) is 2.84. The zero-order valence-corrected chi connectivity index (χ0v) is 24.2. The predicted octanol–water partition coefficient (Wildman–Crippen LogP) is 11.1. The summed E-state index contributed by atoms with van der Waals surface area (Å²) in [7, 11) is 0. The molecular weight excluding hydrogens is 412 g/mol. The van der Waals surface area contributed by atoms with Crippen molar-refractivity contribution in [3.05, 3.63) is 0 Å². The third kappa shape index (κ3) is 30.0. The molecule has 0 amide bonds. The Morgan fingerprint density at radius 1 is 0.294 bits per heavy atom. The summed E-state index contributed by atoms with van der Waals surface area (Å²) in [5.74, 6) is 6.20. The first-order valence-electron chi connectivity index (χ1n) is 16.3. The largest absolute Gasteiger partial charge is 0.269 e. The first-order valence-corrected chi connectivity index (χ1v) is 16.3. The molecule has 2 N–H and O–H groups in total. The maximum absolute atomic E-state index is 6.20. The fraction of sp³-hybridized carbons (Fsp3) is 1.00. The molecule has 0 aliphatic heterocycles. The lowest BCUT2D eigenvalue weighted by Crippen LogP contribution is -2.32. The van der Waals surface area contributed by atoms with Crippen LogP contribution in [-0.2, 0) is 0 Å². The van der Waals surface area contributed by atoms with Crippen molar-refractivity contribution in [1.82, 2.24) is 5.01 Å². The topological polar surface area (TPSA) is 29.3 Å². The molecule has 0 atom stereocenters. The minimum atomic E-state index is 1.09. The second kappa shape index (κ2) is 31.0. The Bertz CT molecular complexity index is 312. The first kappa shape index (κ1) is 33.9. The molecule has 0 aromatic carbocycles. The van der Waals surface area contributed by atoms with Crippen molar-refractivity contribution in [2.75, 3.05) is 13.1 Å². The molecule has 0 spiro atoms. The molecule has 0 saturated heterocycles. The van der Waals surface area contributed by atoms with Crippen molar-refractivity contribution in [2.45, 2.75) is 194 Å².